The minimum absolute atomic E-state index is 0.0847. The molecule has 6 nitrogen and oxygen atoms in total. The molecule has 4 aromatic carbocycles. The summed E-state index contributed by atoms with van der Waals surface area (Å²) >= 11 is 0. The highest BCUT2D eigenvalue weighted by atomic mass is 32.2. The van der Waals surface area contributed by atoms with Gasteiger partial charge in [-0.3, -0.25) is 9.11 Å². The van der Waals surface area contributed by atoms with E-state index in [0.717, 1.165) is 46.4 Å². The van der Waals surface area contributed by atoms with Gasteiger partial charge in [0.05, 0.1) is 9.79 Å². The summed E-state index contributed by atoms with van der Waals surface area (Å²) in [5, 5.41) is 4.07. The van der Waals surface area contributed by atoms with Crippen LogP contribution in [0.1, 0.15) is 26.7 Å². The van der Waals surface area contributed by atoms with E-state index < -0.39 is 36.1 Å². The summed E-state index contributed by atoms with van der Waals surface area (Å²) < 4.78 is 67.5. The van der Waals surface area contributed by atoms with Gasteiger partial charge in [-0.1, -0.05) is 98.8 Å². The average molecular weight is 641 g/mol. The van der Waals surface area contributed by atoms with Crippen molar-refractivity contribution in [3.05, 3.63) is 109 Å². The second-order valence-corrected chi connectivity index (χ2v) is 18.7. The van der Waals surface area contributed by atoms with E-state index in [1.165, 1.54) is 12.1 Å². The Balaban J connectivity index is 1.53. The van der Waals surface area contributed by atoms with Crippen LogP contribution in [0.2, 0.25) is 0 Å². The smallest absolute Gasteiger partial charge is 0.282 e. The lowest BCUT2D eigenvalue weighted by atomic mass is 9.53. The number of hydrogen-bond acceptors (Lipinski definition) is 4. The monoisotopic (exact) mass is 640 g/mol. The molecule has 0 amide bonds. The van der Waals surface area contributed by atoms with Crippen molar-refractivity contribution in [2.45, 2.75) is 36.5 Å². The first-order chi connectivity index (χ1) is 19.8. The molecule has 0 aromatic heterocycles. The van der Waals surface area contributed by atoms with Crippen molar-refractivity contribution in [3.63, 3.8) is 0 Å². The third kappa shape index (κ3) is 6.55. The van der Waals surface area contributed by atoms with Gasteiger partial charge in [0.2, 0.25) is 0 Å². The van der Waals surface area contributed by atoms with Crippen LogP contribution in [-0.4, -0.2) is 38.3 Å². The highest BCUT2D eigenvalue weighted by molar-refractivity contribution is 7.86. The summed E-state index contributed by atoms with van der Waals surface area (Å²) in [6, 6.07) is 33.6. The van der Waals surface area contributed by atoms with Gasteiger partial charge in [0, 0.05) is 0 Å². The third-order valence-electron chi connectivity index (χ3n) is 8.69. The van der Waals surface area contributed by atoms with Crippen LogP contribution in [0.25, 0.3) is 0 Å². The Bertz CT molecular complexity index is 1650. The molecule has 10 heteroatoms. The van der Waals surface area contributed by atoms with Crippen molar-refractivity contribution in [2.24, 2.45) is 10.8 Å². The quantitative estimate of drug-likeness (QED) is 0.174. The second kappa shape index (κ2) is 11.9. The van der Waals surface area contributed by atoms with Crippen molar-refractivity contribution >= 4 is 57.3 Å². The van der Waals surface area contributed by atoms with Crippen molar-refractivity contribution in [1.29, 1.82) is 0 Å². The number of benzene rings is 4. The fourth-order valence-electron chi connectivity index (χ4n) is 5.72. The van der Waals surface area contributed by atoms with Crippen LogP contribution in [0.4, 0.5) is 0 Å². The molecule has 1 aliphatic carbocycles. The largest absolute Gasteiger partial charge is 0.294 e. The molecule has 1 fully saturated rings. The first kappa shape index (κ1) is 31.0. The molecule has 0 bridgehead atoms. The van der Waals surface area contributed by atoms with Crippen LogP contribution in [0.5, 0.6) is 0 Å². The minimum Gasteiger partial charge on any atom is -0.282 e. The van der Waals surface area contributed by atoms with Crippen molar-refractivity contribution in [2.75, 3.05) is 12.3 Å². The van der Waals surface area contributed by atoms with Gasteiger partial charge in [-0.2, -0.15) is 16.8 Å². The van der Waals surface area contributed by atoms with Gasteiger partial charge in [-0.25, -0.2) is 0 Å². The Kier molecular flexibility index (Phi) is 8.80. The van der Waals surface area contributed by atoms with Gasteiger partial charge in [0.15, 0.2) is 0 Å². The Morgan fingerprint density at radius 2 is 0.881 bits per heavy atom. The van der Waals surface area contributed by atoms with E-state index in [1.54, 1.807) is 24.3 Å². The first-order valence-electron chi connectivity index (χ1n) is 13.6. The van der Waals surface area contributed by atoms with E-state index in [9.17, 15) is 25.9 Å². The maximum atomic E-state index is 12.0. The molecule has 2 unspecified atom stereocenters. The number of rotatable bonds is 10. The van der Waals surface area contributed by atoms with Gasteiger partial charge in [0.25, 0.3) is 20.2 Å². The molecule has 0 heterocycles. The summed E-state index contributed by atoms with van der Waals surface area (Å²) in [7, 11) is -10.6. The maximum absolute atomic E-state index is 12.0. The molecule has 4 atom stereocenters. The van der Waals surface area contributed by atoms with Crippen LogP contribution in [0.15, 0.2) is 119 Å². The molecule has 1 aliphatic rings. The van der Waals surface area contributed by atoms with Crippen LogP contribution in [0.3, 0.4) is 0 Å². The highest BCUT2D eigenvalue weighted by Gasteiger charge is 2.54. The predicted molar refractivity (Wildman–Crippen MR) is 173 cm³/mol. The van der Waals surface area contributed by atoms with Gasteiger partial charge in [-0.15, -0.1) is 0 Å². The molecule has 0 saturated heterocycles. The SMILES string of the molecule is C[C@]1(CP(c2ccccc2)c2cccc(S(=O)(=O)O)c2)CC[C@]1(C)CP(c1ccccc1)c1cccc(S(=O)(=O)O)c1. The van der Waals surface area contributed by atoms with Gasteiger partial charge >= 0.3 is 0 Å². The number of hydrogen-bond donors (Lipinski definition) is 2. The predicted octanol–water partition coefficient (Wildman–Crippen LogP) is 5.55. The van der Waals surface area contributed by atoms with E-state index in [-0.39, 0.29) is 20.6 Å². The van der Waals surface area contributed by atoms with Gasteiger partial charge in [-0.05, 0) is 97.3 Å². The molecule has 1 saturated carbocycles. The summed E-state index contributed by atoms with van der Waals surface area (Å²) in [5.74, 6) is 0. The fraction of sp³-hybridized carbons (Fsp3) is 0.250. The van der Waals surface area contributed by atoms with Gasteiger partial charge in [0.1, 0.15) is 0 Å². The molecule has 0 radical (unpaired) electrons. The molecular weight excluding hydrogens is 606 g/mol. The standard InChI is InChI=1S/C32H34O6P2S2/c1-31(23-39(25-11-5-3-6-12-25)27-15-9-17-29(21-27)41(33,34)35)19-20-32(31,2)24-40(26-13-7-4-8-14-26)28-16-10-18-30(22-28)42(36,37)38/h3-18,21-22H,19-20,23-24H2,1-2H3,(H,33,34,35)(H,36,37,38)/t31-,32-,39?,40?/m1/s1. The summed E-state index contributed by atoms with van der Waals surface area (Å²) in [6.07, 6.45) is 3.69. The molecular formula is C32H34O6P2S2. The Labute approximate surface area is 251 Å². The lowest BCUT2D eigenvalue weighted by molar-refractivity contribution is -0.00825. The van der Waals surface area contributed by atoms with Crippen molar-refractivity contribution < 1.29 is 25.9 Å². The zero-order valence-electron chi connectivity index (χ0n) is 23.5. The molecule has 2 N–H and O–H groups in total. The maximum Gasteiger partial charge on any atom is 0.294 e. The van der Waals surface area contributed by atoms with Crippen LogP contribution >= 0.6 is 15.8 Å². The summed E-state index contributed by atoms with van der Waals surface area (Å²) in [4.78, 5) is -0.201. The lowest BCUT2D eigenvalue weighted by Crippen LogP contribution is -2.52. The molecule has 4 aromatic rings. The van der Waals surface area contributed by atoms with E-state index in [0.29, 0.717) is 0 Å². The second-order valence-electron chi connectivity index (χ2n) is 11.4. The topological polar surface area (TPSA) is 109 Å². The van der Waals surface area contributed by atoms with Crippen LogP contribution < -0.4 is 21.2 Å². The van der Waals surface area contributed by atoms with E-state index in [4.69, 9.17) is 0 Å². The minimum atomic E-state index is -4.34. The molecule has 0 aliphatic heterocycles. The lowest BCUT2D eigenvalue weighted by Gasteiger charge is -2.59. The zero-order valence-corrected chi connectivity index (χ0v) is 26.9. The van der Waals surface area contributed by atoms with E-state index in [1.807, 2.05) is 48.5 Å². The fourth-order valence-corrected chi connectivity index (χ4v) is 12.9. The normalized spacial score (nSPS) is 22.2. The van der Waals surface area contributed by atoms with Crippen LogP contribution in [0, 0.1) is 10.8 Å². The Morgan fingerprint density at radius 1 is 0.548 bits per heavy atom. The van der Waals surface area contributed by atoms with Crippen molar-refractivity contribution in [3.8, 4) is 0 Å². The van der Waals surface area contributed by atoms with Crippen molar-refractivity contribution in [1.82, 2.24) is 0 Å². The summed E-state index contributed by atoms with van der Waals surface area (Å²) in [5.41, 5.74) is -0.169. The Morgan fingerprint density at radius 3 is 1.19 bits per heavy atom. The molecule has 42 heavy (non-hydrogen) atoms. The molecule has 5 rings (SSSR count). The highest BCUT2D eigenvalue weighted by Crippen LogP contribution is 2.64. The zero-order chi connectivity index (χ0) is 30.2. The Hall–Kier alpha value is -2.44. The van der Waals surface area contributed by atoms with Gasteiger partial charge < -0.3 is 0 Å². The molecule has 0 spiro atoms. The van der Waals surface area contributed by atoms with Crippen LogP contribution in [-0.2, 0) is 20.2 Å². The third-order valence-corrected chi connectivity index (χ3v) is 16.1. The van der Waals surface area contributed by atoms with E-state index in [2.05, 4.69) is 38.1 Å². The first-order valence-corrected chi connectivity index (χ1v) is 19.5. The average Bonchev–Trinajstić information content (AvgIpc) is 2.98. The van der Waals surface area contributed by atoms with E-state index >= 15 is 0 Å². The summed E-state index contributed by atoms with van der Waals surface area (Å²) in [6.45, 7) is 4.63. The molecule has 220 valence electrons.